The van der Waals surface area contributed by atoms with E-state index in [1.54, 1.807) is 18.2 Å². The third-order valence-electron chi connectivity index (χ3n) is 3.17. The first-order valence-corrected chi connectivity index (χ1v) is 7.25. The number of carbonyl (C=O) groups excluding carboxylic acids is 1. The summed E-state index contributed by atoms with van der Waals surface area (Å²) < 4.78 is 10.7. The van der Waals surface area contributed by atoms with Gasteiger partial charge in [0, 0.05) is 0 Å². The molecule has 0 unspecified atom stereocenters. The largest absolute Gasteiger partial charge is 0.467 e. The number of methoxy groups -OCH3 is 1. The van der Waals surface area contributed by atoms with Crippen molar-refractivity contribution in [1.29, 1.82) is 0 Å². The summed E-state index contributed by atoms with van der Waals surface area (Å²) in [6, 6.07) is 16.5. The Hall–Kier alpha value is -3.41. The minimum absolute atomic E-state index is 0.237. The van der Waals surface area contributed by atoms with Gasteiger partial charge in [-0.25, -0.2) is 9.97 Å². The van der Waals surface area contributed by atoms with Crippen LogP contribution in [0.1, 0.15) is 10.4 Å². The number of ether oxygens (including phenoxy) is 2. The maximum absolute atomic E-state index is 12.5. The van der Waals surface area contributed by atoms with Gasteiger partial charge < -0.3 is 14.8 Å². The number of hydrogen-bond donors (Lipinski definition) is 1. The summed E-state index contributed by atoms with van der Waals surface area (Å²) in [6.45, 7) is 0. The predicted molar refractivity (Wildman–Crippen MR) is 89.5 cm³/mol. The van der Waals surface area contributed by atoms with Crippen molar-refractivity contribution < 1.29 is 14.3 Å². The van der Waals surface area contributed by atoms with Gasteiger partial charge in [-0.2, -0.15) is 0 Å². The number of nitrogens with zero attached hydrogens (tertiary/aromatic N) is 2. The SMILES string of the molecule is COc1ncc(NC(=O)c2ccccc2Oc2ccccc2)cn1. The molecule has 0 spiro atoms. The normalized spacial score (nSPS) is 10.0. The topological polar surface area (TPSA) is 73.3 Å². The van der Waals surface area contributed by atoms with Crippen molar-refractivity contribution in [3.05, 3.63) is 72.6 Å². The summed E-state index contributed by atoms with van der Waals surface area (Å²) in [7, 11) is 1.48. The molecule has 0 saturated heterocycles. The van der Waals surface area contributed by atoms with Crippen LogP contribution in [0.25, 0.3) is 0 Å². The molecule has 6 heteroatoms. The van der Waals surface area contributed by atoms with Gasteiger partial charge in [0.1, 0.15) is 11.5 Å². The quantitative estimate of drug-likeness (QED) is 0.778. The van der Waals surface area contributed by atoms with Crippen molar-refractivity contribution >= 4 is 11.6 Å². The van der Waals surface area contributed by atoms with Gasteiger partial charge in [0.25, 0.3) is 5.91 Å². The number of rotatable bonds is 5. The van der Waals surface area contributed by atoms with Crippen LogP contribution in [0.5, 0.6) is 17.5 Å². The first-order chi connectivity index (χ1) is 11.8. The molecule has 0 aliphatic heterocycles. The second kappa shape index (κ2) is 7.23. The molecule has 6 nitrogen and oxygen atoms in total. The van der Waals surface area contributed by atoms with Crippen molar-refractivity contribution in [2.75, 3.05) is 12.4 Å². The lowest BCUT2D eigenvalue weighted by molar-refractivity contribution is 0.102. The third kappa shape index (κ3) is 3.67. The molecule has 1 N–H and O–H groups in total. The Kier molecular flexibility index (Phi) is 4.67. The van der Waals surface area contributed by atoms with Crippen molar-refractivity contribution in [2.45, 2.75) is 0 Å². The van der Waals surface area contributed by atoms with E-state index < -0.39 is 0 Å². The summed E-state index contributed by atoms with van der Waals surface area (Å²) in [5.74, 6) is 0.816. The summed E-state index contributed by atoms with van der Waals surface area (Å²) in [4.78, 5) is 20.4. The maximum atomic E-state index is 12.5. The molecule has 1 heterocycles. The molecule has 0 radical (unpaired) electrons. The van der Waals surface area contributed by atoms with E-state index in [4.69, 9.17) is 9.47 Å². The molecule has 1 amide bonds. The highest BCUT2D eigenvalue weighted by Gasteiger charge is 2.13. The second-order valence-corrected chi connectivity index (χ2v) is 4.82. The molecule has 24 heavy (non-hydrogen) atoms. The molecule has 0 fully saturated rings. The lowest BCUT2D eigenvalue weighted by Crippen LogP contribution is -2.13. The lowest BCUT2D eigenvalue weighted by Gasteiger charge is -2.11. The number of amides is 1. The fourth-order valence-electron chi connectivity index (χ4n) is 2.04. The van der Waals surface area contributed by atoms with Crippen molar-refractivity contribution in [3.8, 4) is 17.5 Å². The Labute approximate surface area is 139 Å². The van der Waals surface area contributed by atoms with Gasteiger partial charge in [-0.1, -0.05) is 30.3 Å². The monoisotopic (exact) mass is 321 g/mol. The Balaban J connectivity index is 1.79. The van der Waals surface area contributed by atoms with Crippen LogP contribution in [0.2, 0.25) is 0 Å². The van der Waals surface area contributed by atoms with E-state index in [1.807, 2.05) is 36.4 Å². The van der Waals surface area contributed by atoms with E-state index in [1.165, 1.54) is 19.5 Å². The zero-order valence-electron chi connectivity index (χ0n) is 13.0. The standard InChI is InChI=1S/C18H15N3O3/c1-23-18-19-11-13(12-20-18)21-17(22)15-9-5-6-10-16(15)24-14-7-3-2-4-8-14/h2-12H,1H3,(H,21,22). The fraction of sp³-hybridized carbons (Fsp3) is 0.0556. The number of hydrogen-bond acceptors (Lipinski definition) is 5. The first-order valence-electron chi connectivity index (χ1n) is 7.25. The Morgan fingerprint density at radius 2 is 1.62 bits per heavy atom. The molecule has 3 rings (SSSR count). The summed E-state index contributed by atoms with van der Waals surface area (Å²) in [5.41, 5.74) is 0.882. The minimum Gasteiger partial charge on any atom is -0.467 e. The number of aromatic nitrogens is 2. The van der Waals surface area contributed by atoms with E-state index in [-0.39, 0.29) is 11.9 Å². The van der Waals surface area contributed by atoms with Gasteiger partial charge in [-0.3, -0.25) is 4.79 Å². The van der Waals surface area contributed by atoms with Crippen LogP contribution in [-0.4, -0.2) is 23.0 Å². The van der Waals surface area contributed by atoms with Crippen LogP contribution in [0.3, 0.4) is 0 Å². The molecular weight excluding hydrogens is 306 g/mol. The summed E-state index contributed by atoms with van der Waals surface area (Å²) in [6.07, 6.45) is 2.95. The van der Waals surface area contributed by atoms with Gasteiger partial charge in [0.2, 0.25) is 0 Å². The summed E-state index contributed by atoms with van der Waals surface area (Å²) >= 11 is 0. The van der Waals surface area contributed by atoms with Crippen LogP contribution in [-0.2, 0) is 0 Å². The number of para-hydroxylation sites is 2. The minimum atomic E-state index is -0.310. The highest BCUT2D eigenvalue weighted by atomic mass is 16.5. The Bertz CT molecular complexity index is 820. The molecule has 2 aromatic carbocycles. The highest BCUT2D eigenvalue weighted by Crippen LogP contribution is 2.25. The summed E-state index contributed by atoms with van der Waals surface area (Å²) in [5, 5.41) is 2.74. The molecule has 3 aromatic rings. The highest BCUT2D eigenvalue weighted by molar-refractivity contribution is 6.06. The van der Waals surface area contributed by atoms with Crippen LogP contribution < -0.4 is 14.8 Å². The third-order valence-corrected chi connectivity index (χ3v) is 3.17. The van der Waals surface area contributed by atoms with Crippen LogP contribution in [0.15, 0.2) is 67.0 Å². The van der Waals surface area contributed by atoms with Crippen molar-refractivity contribution in [3.63, 3.8) is 0 Å². The zero-order chi connectivity index (χ0) is 16.8. The number of benzene rings is 2. The van der Waals surface area contributed by atoms with E-state index >= 15 is 0 Å². The van der Waals surface area contributed by atoms with Crippen LogP contribution >= 0.6 is 0 Å². The molecule has 0 saturated carbocycles. The zero-order valence-corrected chi connectivity index (χ0v) is 13.0. The molecule has 0 bridgehead atoms. The average molecular weight is 321 g/mol. The molecular formula is C18H15N3O3. The number of nitrogens with one attached hydrogen (secondary N) is 1. The van der Waals surface area contributed by atoms with Crippen molar-refractivity contribution in [2.24, 2.45) is 0 Å². The second-order valence-electron chi connectivity index (χ2n) is 4.82. The van der Waals surface area contributed by atoms with E-state index in [9.17, 15) is 4.79 Å². The van der Waals surface area contributed by atoms with Gasteiger partial charge in [0.15, 0.2) is 0 Å². The average Bonchev–Trinajstić information content (AvgIpc) is 2.63. The molecule has 0 atom stereocenters. The van der Waals surface area contributed by atoms with Gasteiger partial charge in [-0.15, -0.1) is 0 Å². The van der Waals surface area contributed by atoms with Gasteiger partial charge in [-0.05, 0) is 24.3 Å². The fourth-order valence-corrected chi connectivity index (χ4v) is 2.04. The van der Waals surface area contributed by atoms with Gasteiger partial charge in [0.05, 0.1) is 30.8 Å². The molecule has 0 aliphatic rings. The van der Waals surface area contributed by atoms with E-state index in [0.29, 0.717) is 22.7 Å². The molecule has 0 aliphatic carbocycles. The Morgan fingerprint density at radius 3 is 2.33 bits per heavy atom. The molecule has 1 aromatic heterocycles. The van der Waals surface area contributed by atoms with Crippen LogP contribution in [0, 0.1) is 0 Å². The van der Waals surface area contributed by atoms with Crippen molar-refractivity contribution in [1.82, 2.24) is 9.97 Å². The predicted octanol–water partition coefficient (Wildman–Crippen LogP) is 3.53. The number of anilines is 1. The van der Waals surface area contributed by atoms with Crippen LogP contribution in [0.4, 0.5) is 5.69 Å². The number of carbonyl (C=O) groups is 1. The maximum Gasteiger partial charge on any atom is 0.316 e. The smallest absolute Gasteiger partial charge is 0.316 e. The van der Waals surface area contributed by atoms with Gasteiger partial charge >= 0.3 is 6.01 Å². The Morgan fingerprint density at radius 1 is 0.958 bits per heavy atom. The lowest BCUT2D eigenvalue weighted by atomic mass is 10.2. The molecule has 120 valence electrons. The van der Waals surface area contributed by atoms with E-state index in [0.717, 1.165) is 0 Å². The first kappa shape index (κ1) is 15.5. The van der Waals surface area contributed by atoms with E-state index in [2.05, 4.69) is 15.3 Å².